The minimum atomic E-state index is -4.26. The highest BCUT2D eigenvalue weighted by Crippen LogP contribution is 2.38. The van der Waals surface area contributed by atoms with Gasteiger partial charge < -0.3 is 0 Å². The van der Waals surface area contributed by atoms with E-state index in [1.165, 1.54) is 11.1 Å². The Balaban J connectivity index is 3.04. The lowest BCUT2D eigenvalue weighted by atomic mass is 9.85. The minimum Gasteiger partial charge on any atom is -0.282 e. The summed E-state index contributed by atoms with van der Waals surface area (Å²) in [5, 5.41) is 1.54. The molecule has 0 fully saturated rings. The van der Waals surface area contributed by atoms with Crippen molar-refractivity contribution in [2.24, 2.45) is 0 Å². The van der Waals surface area contributed by atoms with Gasteiger partial charge in [0.25, 0.3) is 10.1 Å². The Morgan fingerprint density at radius 1 is 0.826 bits per heavy atom. The summed E-state index contributed by atoms with van der Waals surface area (Å²) >= 11 is 0. The van der Waals surface area contributed by atoms with Crippen molar-refractivity contribution in [1.29, 1.82) is 0 Å². The Kier molecular flexibility index (Phi) is 4.88. The van der Waals surface area contributed by atoms with Crippen LogP contribution in [0.2, 0.25) is 0 Å². The van der Waals surface area contributed by atoms with Crippen LogP contribution < -0.4 is 0 Å². The van der Waals surface area contributed by atoms with E-state index < -0.39 is 10.1 Å². The van der Waals surface area contributed by atoms with Crippen LogP contribution in [0.3, 0.4) is 0 Å². The molecule has 0 saturated heterocycles. The molecular formula is C19H26O3S. The van der Waals surface area contributed by atoms with E-state index in [2.05, 4.69) is 33.8 Å². The lowest BCUT2D eigenvalue weighted by Gasteiger charge is -2.21. The van der Waals surface area contributed by atoms with Crippen molar-refractivity contribution in [1.82, 2.24) is 0 Å². The first-order valence-electron chi connectivity index (χ1n) is 8.12. The molecule has 2 aromatic carbocycles. The summed E-state index contributed by atoms with van der Waals surface area (Å²) in [6, 6.07) is 7.49. The van der Waals surface area contributed by atoms with E-state index >= 15 is 0 Å². The van der Waals surface area contributed by atoms with Crippen LogP contribution in [-0.4, -0.2) is 13.0 Å². The molecule has 126 valence electrons. The van der Waals surface area contributed by atoms with Crippen molar-refractivity contribution in [3.63, 3.8) is 0 Å². The Labute approximate surface area is 139 Å². The van der Waals surface area contributed by atoms with Gasteiger partial charge in [0.05, 0.1) is 0 Å². The van der Waals surface area contributed by atoms with Gasteiger partial charge in [0.15, 0.2) is 0 Å². The molecule has 0 bridgehead atoms. The highest BCUT2D eigenvalue weighted by Gasteiger charge is 2.22. The van der Waals surface area contributed by atoms with Gasteiger partial charge in [-0.05, 0) is 45.9 Å². The lowest BCUT2D eigenvalue weighted by Crippen LogP contribution is -2.07. The topological polar surface area (TPSA) is 54.4 Å². The van der Waals surface area contributed by atoms with Gasteiger partial charge >= 0.3 is 0 Å². The van der Waals surface area contributed by atoms with Gasteiger partial charge in [0, 0.05) is 5.39 Å². The quantitative estimate of drug-likeness (QED) is 0.756. The average Bonchev–Trinajstić information content (AvgIpc) is 2.42. The van der Waals surface area contributed by atoms with Gasteiger partial charge in [-0.25, -0.2) is 0 Å². The predicted molar refractivity (Wildman–Crippen MR) is 96.0 cm³/mol. The first kappa shape index (κ1) is 18.0. The van der Waals surface area contributed by atoms with Crippen LogP contribution in [0.1, 0.15) is 76.0 Å². The maximum atomic E-state index is 11.9. The van der Waals surface area contributed by atoms with Crippen LogP contribution in [-0.2, 0) is 10.1 Å². The highest BCUT2D eigenvalue weighted by molar-refractivity contribution is 7.86. The summed E-state index contributed by atoms with van der Waals surface area (Å²) in [5.74, 6) is 0.809. The molecule has 23 heavy (non-hydrogen) atoms. The number of hydrogen-bond acceptors (Lipinski definition) is 2. The van der Waals surface area contributed by atoms with E-state index in [1.807, 2.05) is 26.0 Å². The van der Waals surface area contributed by atoms with Crippen LogP contribution in [0.4, 0.5) is 0 Å². The first-order valence-corrected chi connectivity index (χ1v) is 9.56. The first-order chi connectivity index (χ1) is 10.5. The van der Waals surface area contributed by atoms with Crippen LogP contribution >= 0.6 is 0 Å². The standard InChI is InChI=1S/C19H26O3S/c1-11(2)14-7-8-15-17(9-14)19(13(5)6)16(12(3)4)10-18(15)23(20,21)22/h7-13H,1-6H3,(H,20,21,22). The van der Waals surface area contributed by atoms with Gasteiger partial charge in [-0.3, -0.25) is 4.55 Å². The summed E-state index contributed by atoms with van der Waals surface area (Å²) in [5.41, 5.74) is 3.33. The molecule has 2 rings (SSSR count). The largest absolute Gasteiger partial charge is 0.295 e. The number of hydrogen-bond donors (Lipinski definition) is 1. The van der Waals surface area contributed by atoms with Crippen molar-refractivity contribution in [2.75, 3.05) is 0 Å². The van der Waals surface area contributed by atoms with Crippen molar-refractivity contribution >= 4 is 20.9 Å². The SMILES string of the molecule is CC(C)c1ccc2c(S(=O)(=O)O)cc(C(C)C)c(C(C)C)c2c1. The number of fused-ring (bicyclic) bond motifs is 1. The molecule has 0 unspecified atom stereocenters. The third-order valence-corrected chi connectivity index (χ3v) is 5.23. The maximum absolute atomic E-state index is 11.9. The fraction of sp³-hybridized carbons (Fsp3) is 0.474. The van der Waals surface area contributed by atoms with E-state index in [1.54, 1.807) is 6.07 Å². The van der Waals surface area contributed by atoms with Gasteiger partial charge in [-0.2, -0.15) is 8.42 Å². The van der Waals surface area contributed by atoms with Crippen LogP contribution in [0.5, 0.6) is 0 Å². The van der Waals surface area contributed by atoms with Gasteiger partial charge in [-0.15, -0.1) is 0 Å². The molecule has 0 atom stereocenters. The number of benzene rings is 2. The normalized spacial score (nSPS) is 12.8. The van der Waals surface area contributed by atoms with Crippen molar-refractivity contribution in [2.45, 2.75) is 64.2 Å². The van der Waals surface area contributed by atoms with Crippen molar-refractivity contribution in [3.05, 3.63) is 41.0 Å². The molecule has 0 aliphatic carbocycles. The third-order valence-electron chi connectivity index (χ3n) is 4.34. The Hall–Kier alpha value is -1.39. The molecule has 0 amide bonds. The molecule has 4 heteroatoms. The van der Waals surface area contributed by atoms with Crippen LogP contribution in [0, 0.1) is 0 Å². The summed E-state index contributed by atoms with van der Waals surface area (Å²) < 4.78 is 33.4. The Morgan fingerprint density at radius 3 is 1.87 bits per heavy atom. The molecule has 0 aromatic heterocycles. The molecule has 0 saturated carbocycles. The molecular weight excluding hydrogens is 308 g/mol. The Bertz CT molecular complexity index is 831. The van der Waals surface area contributed by atoms with Gasteiger partial charge in [0.1, 0.15) is 4.90 Å². The monoisotopic (exact) mass is 334 g/mol. The second-order valence-electron chi connectivity index (χ2n) is 7.12. The second kappa shape index (κ2) is 6.25. The third kappa shape index (κ3) is 3.43. The van der Waals surface area contributed by atoms with E-state index in [4.69, 9.17) is 0 Å². The fourth-order valence-corrected chi connectivity index (χ4v) is 3.88. The lowest BCUT2D eigenvalue weighted by molar-refractivity contribution is 0.484. The zero-order chi connectivity index (χ0) is 17.5. The molecule has 0 radical (unpaired) electrons. The second-order valence-corrected chi connectivity index (χ2v) is 8.51. The van der Waals surface area contributed by atoms with E-state index in [9.17, 15) is 13.0 Å². The van der Waals surface area contributed by atoms with E-state index in [0.717, 1.165) is 10.9 Å². The summed E-state index contributed by atoms with van der Waals surface area (Å²) in [4.78, 5) is 0.0101. The zero-order valence-electron chi connectivity index (χ0n) is 14.7. The van der Waals surface area contributed by atoms with Gasteiger partial charge in [0.2, 0.25) is 0 Å². The molecule has 0 aliphatic heterocycles. The molecule has 1 N–H and O–H groups in total. The van der Waals surface area contributed by atoms with E-state index in [-0.39, 0.29) is 16.7 Å². The molecule has 0 aliphatic rings. The van der Waals surface area contributed by atoms with Crippen LogP contribution in [0.25, 0.3) is 10.8 Å². The summed E-state index contributed by atoms with van der Waals surface area (Å²) in [7, 11) is -4.26. The van der Waals surface area contributed by atoms with Crippen molar-refractivity contribution < 1.29 is 13.0 Å². The Morgan fingerprint density at radius 2 is 1.43 bits per heavy atom. The fourth-order valence-electron chi connectivity index (χ4n) is 3.15. The molecule has 0 spiro atoms. The average molecular weight is 334 g/mol. The van der Waals surface area contributed by atoms with E-state index in [0.29, 0.717) is 11.3 Å². The minimum absolute atomic E-state index is 0.0101. The summed E-state index contributed by atoms with van der Waals surface area (Å²) in [6.07, 6.45) is 0. The molecule has 3 nitrogen and oxygen atoms in total. The van der Waals surface area contributed by atoms with Crippen molar-refractivity contribution in [3.8, 4) is 0 Å². The maximum Gasteiger partial charge on any atom is 0.295 e. The predicted octanol–water partition coefficient (Wildman–Crippen LogP) is 5.46. The summed E-state index contributed by atoms with van der Waals surface area (Å²) in [6.45, 7) is 12.6. The van der Waals surface area contributed by atoms with Gasteiger partial charge in [-0.1, -0.05) is 59.7 Å². The highest BCUT2D eigenvalue weighted by atomic mass is 32.2. The molecule has 0 heterocycles. The number of rotatable bonds is 4. The smallest absolute Gasteiger partial charge is 0.282 e. The zero-order valence-corrected chi connectivity index (χ0v) is 15.5. The van der Waals surface area contributed by atoms with Crippen LogP contribution in [0.15, 0.2) is 29.2 Å². The molecule has 2 aromatic rings.